The fourth-order valence-electron chi connectivity index (χ4n) is 10.5. The quantitative estimate of drug-likeness (QED) is 0.0562. The standard InChI is InChI=1S/C15H27N3.C14H25N3.C14H33N3.C11H27N3.C9H23N3.C8H20N2O.C8H20N2S.C7H17NO2.C7H17NS2.C4H13N3/c1-16(2)10-12-18(13-11-17(3)4)14-15-8-6-5-7-9-15;1-15(2)10-12-17(13-11-16(3)4)14-8-6-5-7-9-14;1-6-15(7-2)11-13-17(10-5)14-12-16(8-3)9-4;1-12(2)8-6-10-14(5)11-7-9-13(3)4;1-10(2)6-8-12(5)9-7-11(3)4;2*1-9(2)5-7-11-8-6-10(3)4;2*1-8(4-6-9-2)5-7-10-3;5-1-3-7-4-2-6/h5-9H,10-14H2,1-4H3;5-9H,10-13H2,1-4H3;6-14H2,1-5H3;6-11H2,1-5H3;6-9H2,1-5H3;2*5-8H2,1-4H3;2*4-7H2,1-3H3;7H,1-6H2. The van der Waals surface area contributed by atoms with Crippen molar-refractivity contribution in [1.29, 1.82) is 0 Å². The molecule has 0 aliphatic rings. The minimum absolute atomic E-state index is 0.694. The van der Waals surface area contributed by atoms with Gasteiger partial charge in [-0.05, 0) is 299 Å². The molecular weight excluding hydrogens is 1650 g/mol. The van der Waals surface area contributed by atoms with Gasteiger partial charge in [0.25, 0.3) is 0 Å². The van der Waals surface area contributed by atoms with Crippen molar-refractivity contribution in [3.63, 3.8) is 0 Å². The molecule has 0 unspecified atom stereocenters. The first-order chi connectivity index (χ1) is 60.2. The Kier molecular flexibility index (Phi) is 120. The van der Waals surface area contributed by atoms with E-state index in [1.807, 2.05) is 35.3 Å². The summed E-state index contributed by atoms with van der Waals surface area (Å²) in [6.07, 6.45) is 6.85. The molecule has 0 atom stereocenters. The Morgan fingerprint density at radius 1 is 0.276 bits per heavy atom. The summed E-state index contributed by atoms with van der Waals surface area (Å²) in [4.78, 5) is 48.4. The summed E-state index contributed by atoms with van der Waals surface area (Å²) in [7, 11) is 62.7. The monoisotopic (exact) mass is 1870 g/mol. The molecular formula is C97H222N24O3S3. The van der Waals surface area contributed by atoms with E-state index in [1.165, 1.54) is 158 Å². The van der Waals surface area contributed by atoms with Crippen molar-refractivity contribution in [3.05, 3.63) is 66.2 Å². The van der Waals surface area contributed by atoms with E-state index in [-0.39, 0.29) is 0 Å². The van der Waals surface area contributed by atoms with E-state index in [0.717, 1.165) is 151 Å². The molecule has 0 aliphatic carbocycles. The lowest BCUT2D eigenvalue weighted by molar-refractivity contribution is 0.104. The molecule has 0 spiro atoms. The van der Waals surface area contributed by atoms with Gasteiger partial charge in [0.2, 0.25) is 0 Å². The van der Waals surface area contributed by atoms with Gasteiger partial charge in [-0.3, -0.25) is 4.90 Å². The molecule has 0 bridgehead atoms. The van der Waals surface area contributed by atoms with E-state index in [9.17, 15) is 0 Å². The van der Waals surface area contributed by atoms with Crippen LogP contribution in [0.2, 0.25) is 0 Å². The van der Waals surface area contributed by atoms with Crippen molar-refractivity contribution in [2.75, 3.05) is 521 Å². The smallest absolute Gasteiger partial charge is 0.0593 e. The molecule has 0 amide bonds. The summed E-state index contributed by atoms with van der Waals surface area (Å²) in [5.74, 6) is 5.01. The average molecular weight is 1870 g/mol. The number of methoxy groups -OCH3 is 2. The van der Waals surface area contributed by atoms with Crippen LogP contribution in [0.1, 0.15) is 53.0 Å². The molecule has 2 aromatic rings. The molecule has 0 aliphatic heterocycles. The summed E-state index contributed by atoms with van der Waals surface area (Å²) in [6.45, 7) is 56.3. The number of nitrogens with two attached hydrogens (primary N) is 2. The van der Waals surface area contributed by atoms with Crippen LogP contribution in [-0.2, 0) is 20.8 Å². The second-order valence-electron chi connectivity index (χ2n) is 35.7. The number of para-hydroxylation sites is 1. The van der Waals surface area contributed by atoms with Crippen LogP contribution >= 0.6 is 35.3 Å². The highest BCUT2D eigenvalue weighted by Crippen LogP contribution is 2.13. The normalized spacial score (nSPS) is 11.4. The van der Waals surface area contributed by atoms with Crippen LogP contribution in [0.5, 0.6) is 0 Å². The van der Waals surface area contributed by atoms with E-state index in [0.29, 0.717) is 13.1 Å². The highest BCUT2D eigenvalue weighted by molar-refractivity contribution is 7.99. The molecule has 2 rings (SSSR count). The van der Waals surface area contributed by atoms with Gasteiger partial charge in [-0.1, -0.05) is 83.1 Å². The largest absolute Gasteiger partial charge is 0.383 e. The second kappa shape index (κ2) is 108. The molecule has 30 heteroatoms. The van der Waals surface area contributed by atoms with Crippen molar-refractivity contribution in [3.8, 4) is 0 Å². The van der Waals surface area contributed by atoms with Gasteiger partial charge < -0.3 is 129 Å². The molecule has 127 heavy (non-hydrogen) atoms. The van der Waals surface area contributed by atoms with Gasteiger partial charge in [-0.15, -0.1) is 0 Å². The lowest BCUT2D eigenvalue weighted by Crippen LogP contribution is -2.39. The minimum atomic E-state index is 0.694. The van der Waals surface area contributed by atoms with Crippen LogP contribution in [0.25, 0.3) is 0 Å². The van der Waals surface area contributed by atoms with Crippen LogP contribution in [0.3, 0.4) is 0 Å². The van der Waals surface area contributed by atoms with Crippen molar-refractivity contribution < 1.29 is 14.2 Å². The summed E-state index contributed by atoms with van der Waals surface area (Å²) >= 11 is 5.86. The third kappa shape index (κ3) is 128. The molecule has 0 aromatic heterocycles. The Morgan fingerprint density at radius 3 is 0.866 bits per heavy atom. The first-order valence-electron chi connectivity index (χ1n) is 47.7. The van der Waals surface area contributed by atoms with Crippen LogP contribution in [0.15, 0.2) is 60.7 Å². The Morgan fingerprint density at radius 2 is 0.559 bits per heavy atom. The van der Waals surface area contributed by atoms with Crippen molar-refractivity contribution >= 4 is 41.0 Å². The first-order valence-corrected chi connectivity index (χ1v) is 51.6. The summed E-state index contributed by atoms with van der Waals surface area (Å²) in [5, 5.41) is 3.03. The van der Waals surface area contributed by atoms with Crippen LogP contribution < -0.4 is 21.7 Å². The lowest BCUT2D eigenvalue weighted by atomic mass is 10.2. The van der Waals surface area contributed by atoms with E-state index in [1.54, 1.807) is 14.2 Å². The Hall–Kier alpha value is -1.75. The predicted octanol–water partition coefficient (Wildman–Crippen LogP) is 7.40. The van der Waals surface area contributed by atoms with Gasteiger partial charge in [-0.25, -0.2) is 0 Å². The number of anilines is 1. The lowest BCUT2D eigenvalue weighted by Gasteiger charge is -2.27. The number of hydrogen-bond donors (Lipinski definition) is 3. The topological polar surface area (TPSA) is 160 Å². The van der Waals surface area contributed by atoms with Crippen LogP contribution in [0.4, 0.5) is 5.69 Å². The Balaban J connectivity index is -0.000000209. The maximum absolute atomic E-state index is 5.37. The van der Waals surface area contributed by atoms with E-state index in [4.69, 9.17) is 25.7 Å². The fraction of sp³-hybridized carbons (Fsp3) is 0.876. The molecule has 0 heterocycles. The first kappa shape index (κ1) is 141. The van der Waals surface area contributed by atoms with Crippen LogP contribution in [0, 0.1) is 0 Å². The zero-order valence-corrected chi connectivity index (χ0v) is 93.7. The van der Waals surface area contributed by atoms with Crippen molar-refractivity contribution in [2.45, 2.75) is 54.0 Å². The van der Waals surface area contributed by atoms with Gasteiger partial charge in [0.15, 0.2) is 0 Å². The molecule has 0 saturated heterocycles. The maximum atomic E-state index is 5.37. The number of likely N-dealkylation sites (N-methyl/N-ethyl adjacent to an activating group) is 13. The molecule has 27 nitrogen and oxygen atoms in total. The number of benzene rings is 2. The Bertz CT molecular complexity index is 2160. The van der Waals surface area contributed by atoms with E-state index >= 15 is 0 Å². The van der Waals surface area contributed by atoms with E-state index < -0.39 is 0 Å². The third-order valence-corrected chi connectivity index (χ3v) is 21.8. The number of nitrogens with one attached hydrogen (secondary N) is 1. The summed E-state index contributed by atoms with van der Waals surface area (Å²) in [5.41, 5.74) is 13.0. The number of hydrogen-bond acceptors (Lipinski definition) is 30. The van der Waals surface area contributed by atoms with E-state index in [2.05, 4.69) is 413 Å². The zero-order chi connectivity index (χ0) is 98.2. The van der Waals surface area contributed by atoms with Crippen molar-refractivity contribution in [1.82, 2.24) is 103 Å². The number of rotatable bonds is 68. The van der Waals surface area contributed by atoms with Crippen molar-refractivity contribution in [2.24, 2.45) is 11.5 Å². The van der Waals surface area contributed by atoms with Crippen LogP contribution in [-0.4, -0.2) is 614 Å². The molecule has 0 fully saturated rings. The number of nitrogens with zero attached hydrogens (tertiary/aromatic N) is 21. The molecule has 766 valence electrons. The fourth-order valence-corrected chi connectivity index (χ4v) is 12.7. The average Bonchev–Trinajstić information content (AvgIpc) is 0.897. The predicted molar refractivity (Wildman–Crippen MR) is 580 cm³/mol. The SMILES string of the molecule is CCN(CC)CCN(CC)CCN(CC)CC.CN(C)CCCN(C)CCCN(C)C.CN(C)CCN(C)CCN(C)C.CN(C)CCN(CCN(C)C)Cc1ccccc1.CN(C)CCN(CCN(C)C)c1ccccc1.CN(C)CCOCCN(C)C.CN(C)CCSCCN(C)C.COCCN(C)CCOC.CSCCN(C)CCSC.NCCNCCN. The van der Waals surface area contributed by atoms with Gasteiger partial charge in [0.05, 0.1) is 26.4 Å². The summed E-state index contributed by atoms with van der Waals surface area (Å²) in [6, 6.07) is 21.4. The molecule has 2 aromatic carbocycles. The highest BCUT2D eigenvalue weighted by Gasteiger charge is 2.11. The van der Waals surface area contributed by atoms with Gasteiger partial charge in [0, 0.05) is 233 Å². The number of ether oxygens (including phenoxy) is 3. The highest BCUT2D eigenvalue weighted by atomic mass is 32.2. The number of thioether (sulfide) groups is 3. The summed E-state index contributed by atoms with van der Waals surface area (Å²) < 4.78 is 15.2. The third-order valence-electron chi connectivity index (χ3n) is 19.7. The van der Waals surface area contributed by atoms with Gasteiger partial charge in [-0.2, -0.15) is 35.3 Å². The van der Waals surface area contributed by atoms with Gasteiger partial charge in [0.1, 0.15) is 0 Å². The Labute approximate surface area is 805 Å². The molecule has 5 N–H and O–H groups in total. The molecule has 0 saturated carbocycles. The minimum Gasteiger partial charge on any atom is -0.383 e. The van der Waals surface area contributed by atoms with Gasteiger partial charge >= 0.3 is 0 Å². The molecule has 0 radical (unpaired) electrons. The maximum Gasteiger partial charge on any atom is 0.0593 e. The second-order valence-corrected chi connectivity index (χ2v) is 38.9. The zero-order valence-electron chi connectivity index (χ0n) is 91.2.